The first kappa shape index (κ1) is 22.4. The molecule has 32 aliphatic carbocycles. The zero-order valence-corrected chi connectivity index (χ0v) is 31.9. The Morgan fingerprint density at radius 3 is 1.27 bits per heavy atom. The van der Waals surface area contributed by atoms with Crippen LogP contribution in [0.15, 0.2) is 0 Å². The van der Waals surface area contributed by atoms with Crippen LogP contribution >= 0.6 is 0 Å². The summed E-state index contributed by atoms with van der Waals surface area (Å²) in [4.78, 5) is 0. The van der Waals surface area contributed by atoms with Crippen LogP contribution in [-0.2, 0) is 0 Å². The lowest BCUT2D eigenvalue weighted by Gasteiger charge is -3.05. The second-order valence-corrected chi connectivity index (χ2v) is 33.6. The van der Waals surface area contributed by atoms with E-state index >= 15 is 0 Å². The van der Waals surface area contributed by atoms with Crippen molar-refractivity contribution < 1.29 is 0 Å². The molecule has 0 bridgehead atoms. The van der Waals surface area contributed by atoms with Gasteiger partial charge in [0.05, 0.1) is 0 Å². The zero-order valence-electron chi connectivity index (χ0n) is 31.9. The highest BCUT2D eigenvalue weighted by Gasteiger charge is 3.22. The van der Waals surface area contributed by atoms with E-state index in [0.717, 1.165) is 37.9 Å². The molecule has 32 fully saturated rings. The average molecular weight is 723 g/mol. The molecule has 32 aliphatic rings. The summed E-state index contributed by atoms with van der Waals surface area (Å²) in [6.45, 7) is 0. The van der Waals surface area contributed by atoms with E-state index in [0.29, 0.717) is 0 Å². The molecular formula is C56H50. The predicted octanol–water partition coefficient (Wildman–Crippen LogP) is 6.29. The lowest BCUT2D eigenvalue weighted by atomic mass is 8.98. The molecule has 0 amide bonds. The van der Waals surface area contributed by atoms with Gasteiger partial charge in [0.2, 0.25) is 0 Å². The van der Waals surface area contributed by atoms with Crippen molar-refractivity contribution in [1.29, 1.82) is 0 Å². The van der Waals surface area contributed by atoms with Gasteiger partial charge in [-0.3, -0.25) is 0 Å². The zero-order chi connectivity index (χ0) is 31.9. The Bertz CT molecular complexity index is 2820. The molecule has 0 radical (unpaired) electrons. The van der Waals surface area contributed by atoms with E-state index in [2.05, 4.69) is 0 Å². The molecule has 0 heteroatoms. The molecule has 0 saturated heterocycles. The van der Waals surface area contributed by atoms with Gasteiger partial charge in [0.25, 0.3) is 0 Å². The summed E-state index contributed by atoms with van der Waals surface area (Å²) in [5.74, 6) is 65.3. The second-order valence-electron chi connectivity index (χ2n) is 33.6. The normalized spacial score (nSPS) is 117. The molecule has 0 heterocycles. The molecule has 7 spiro atoms. The van der Waals surface area contributed by atoms with Crippen LogP contribution < -0.4 is 0 Å². The number of hydrogen-bond acceptors (Lipinski definition) is 0. The summed E-state index contributed by atoms with van der Waals surface area (Å²) in [5.41, 5.74) is 6.98. The molecular weight excluding hydrogens is 673 g/mol. The number of hydrogen-bond donors (Lipinski definition) is 0. The fourth-order valence-corrected chi connectivity index (χ4v) is 48.0. The van der Waals surface area contributed by atoms with E-state index in [1.165, 1.54) is 284 Å². The largest absolute Gasteiger partial charge is 0.0427 e. The minimum atomic E-state index is 0.986. The van der Waals surface area contributed by atoms with E-state index < -0.39 is 0 Å². The van der Waals surface area contributed by atoms with Crippen molar-refractivity contribution in [2.45, 2.75) is 6.42 Å². The number of rotatable bonds is 0. The Hall–Kier alpha value is 0. The van der Waals surface area contributed by atoms with Crippen molar-refractivity contribution in [3.05, 3.63) is 0 Å². The molecule has 55 unspecified atom stereocenters. The van der Waals surface area contributed by atoms with Crippen LogP contribution in [0.5, 0.6) is 0 Å². The van der Waals surface area contributed by atoms with Gasteiger partial charge in [-0.1, -0.05) is 0 Å². The maximum absolute atomic E-state index is 1.96. The Labute approximate surface area is 327 Å². The lowest BCUT2D eigenvalue weighted by molar-refractivity contribution is -0.596. The van der Waals surface area contributed by atoms with Gasteiger partial charge in [-0.15, -0.1) is 0 Å². The minimum absolute atomic E-state index is 0.986. The van der Waals surface area contributed by atoms with E-state index in [-0.39, 0.29) is 0 Å². The smallest absolute Gasteiger partial charge is 0.0127 e. The van der Waals surface area contributed by atoms with Crippen LogP contribution in [0.4, 0.5) is 0 Å². The second kappa shape index (κ2) is 4.59. The van der Waals surface area contributed by atoms with Gasteiger partial charge >= 0.3 is 0 Å². The maximum Gasteiger partial charge on any atom is -0.0127 e. The molecule has 0 N–H and O–H groups in total. The lowest BCUT2D eigenvalue weighted by Crippen LogP contribution is -3.03. The van der Waals surface area contributed by atoms with Gasteiger partial charge < -0.3 is 0 Å². The quantitative estimate of drug-likeness (QED) is 0.276. The van der Waals surface area contributed by atoms with Crippen molar-refractivity contribution in [2.75, 3.05) is 0 Å². The van der Waals surface area contributed by atoms with Crippen molar-refractivity contribution in [3.8, 4) is 0 Å². The van der Waals surface area contributed by atoms with Crippen LogP contribution in [0.2, 0.25) is 0 Å². The summed E-state index contributed by atoms with van der Waals surface area (Å²) in [5, 5.41) is 0. The predicted molar refractivity (Wildman–Crippen MR) is 189 cm³/mol. The standard InChI is InChI=1S/C56H50/c1-2-33-46-49-51-34-21-12-8-5-3-4-9(12)18-20-11(4)7-6-10(3)19-16(5)24-25-17(8)26(21)45-48(51)55(33)44-30-31-37-27-22(35(19)53(37)41(24)42(25)54(45,53)43(31)44)13(6)14-15(7)29-38(20)56(49,47(51)32(18)34)50(1,46)39(29)40-23(14)28(27)36(30)52(2,40)55/h2-49H,1H2. The van der Waals surface area contributed by atoms with Crippen LogP contribution in [0, 0.1) is 322 Å². The van der Waals surface area contributed by atoms with Gasteiger partial charge in [0.1, 0.15) is 0 Å². The maximum atomic E-state index is 1.96. The Balaban J connectivity index is 0.953. The Morgan fingerprint density at radius 1 is 0.196 bits per heavy atom. The summed E-state index contributed by atoms with van der Waals surface area (Å²) in [6, 6.07) is 0. The van der Waals surface area contributed by atoms with Gasteiger partial charge in [-0.2, -0.15) is 0 Å². The van der Waals surface area contributed by atoms with Crippen LogP contribution in [0.1, 0.15) is 6.42 Å². The molecule has 274 valence electrons. The van der Waals surface area contributed by atoms with E-state index in [9.17, 15) is 0 Å². The molecule has 55 atom stereocenters. The first-order chi connectivity index (χ1) is 27.9. The Kier molecular flexibility index (Phi) is 1.83. The van der Waals surface area contributed by atoms with Gasteiger partial charge in [-0.05, 0) is 328 Å². The molecule has 32 saturated carbocycles. The molecule has 0 aromatic carbocycles. The average Bonchev–Trinajstić information content (AvgIpc) is 4.04. The highest BCUT2D eigenvalue weighted by molar-refractivity contribution is 5.67. The monoisotopic (exact) mass is 722 g/mol. The molecule has 0 aromatic rings. The SMILES string of the molecule is C1C2C3C4C5C67C8C9C%10C%11C%12C%13C%14C%10C%10C%15C%16C%14C%14C%13C%13C%17C%12C%12C%11C8C6C56C%12C5C%17C8C%13C%11C%12C%13C8C(C5C146)C21C%13C2C4C%12C5(C%14%11)C%16C%15C56C4C2C31C7C6C%109. The molecule has 0 nitrogen and oxygen atoms in total. The van der Waals surface area contributed by atoms with Crippen LogP contribution in [0.3, 0.4) is 0 Å². The van der Waals surface area contributed by atoms with Crippen molar-refractivity contribution in [3.63, 3.8) is 0 Å². The highest BCUT2D eigenvalue weighted by atomic mass is 15.3. The van der Waals surface area contributed by atoms with Crippen molar-refractivity contribution in [1.82, 2.24) is 0 Å². The molecule has 32 rings (SSSR count). The van der Waals surface area contributed by atoms with E-state index in [4.69, 9.17) is 0 Å². The van der Waals surface area contributed by atoms with Crippen LogP contribution in [-0.4, -0.2) is 0 Å². The van der Waals surface area contributed by atoms with Crippen molar-refractivity contribution in [2.24, 2.45) is 322 Å². The fourth-order valence-electron chi connectivity index (χ4n) is 48.0. The first-order valence-corrected chi connectivity index (χ1v) is 27.9. The first-order valence-electron chi connectivity index (χ1n) is 27.9. The summed E-state index contributed by atoms with van der Waals surface area (Å²) >= 11 is 0. The molecule has 56 heavy (non-hydrogen) atoms. The van der Waals surface area contributed by atoms with E-state index in [1.54, 1.807) is 0 Å². The molecule has 0 aromatic heterocycles. The fraction of sp³-hybridized carbons (Fsp3) is 1.00. The third kappa shape index (κ3) is 0.939. The third-order valence-electron chi connectivity index (χ3n) is 40.6. The molecule has 0 aliphatic heterocycles. The minimum Gasteiger partial charge on any atom is -0.0427 e. The van der Waals surface area contributed by atoms with E-state index in [1.807, 2.05) is 6.42 Å². The summed E-state index contributed by atoms with van der Waals surface area (Å²) in [7, 11) is 0. The van der Waals surface area contributed by atoms with Gasteiger partial charge in [-0.25, -0.2) is 0 Å². The van der Waals surface area contributed by atoms with Gasteiger partial charge in [0, 0.05) is 0 Å². The topological polar surface area (TPSA) is 0 Å². The van der Waals surface area contributed by atoms with Gasteiger partial charge in [0.15, 0.2) is 0 Å². The highest BCUT2D eigenvalue weighted by Crippen LogP contribution is 3.24. The van der Waals surface area contributed by atoms with Crippen LogP contribution in [0.25, 0.3) is 0 Å². The summed E-state index contributed by atoms with van der Waals surface area (Å²) in [6.07, 6.45) is 1.96. The number of fused-ring (bicyclic) bond motifs is 1. The third-order valence-corrected chi connectivity index (χ3v) is 40.6. The van der Waals surface area contributed by atoms with Crippen molar-refractivity contribution >= 4 is 0 Å². The summed E-state index contributed by atoms with van der Waals surface area (Å²) < 4.78 is 0. The Morgan fingerprint density at radius 2 is 0.571 bits per heavy atom.